The Morgan fingerprint density at radius 3 is 2.62 bits per heavy atom. The summed E-state index contributed by atoms with van der Waals surface area (Å²) in [6.45, 7) is 0.131. The topological polar surface area (TPSA) is 78.4 Å². The third-order valence-corrected chi connectivity index (χ3v) is 3.65. The fourth-order valence-electron chi connectivity index (χ4n) is 2.26. The van der Waals surface area contributed by atoms with E-state index < -0.39 is 28.8 Å². The maximum Gasteiger partial charge on any atom is 0.236 e. The van der Waals surface area contributed by atoms with Crippen molar-refractivity contribution >= 4 is 23.4 Å². The molecule has 2 atom stereocenters. The average Bonchev–Trinajstić information content (AvgIpc) is 2.74. The van der Waals surface area contributed by atoms with E-state index in [0.29, 0.717) is 12.8 Å². The van der Waals surface area contributed by atoms with Gasteiger partial charge in [0, 0.05) is 6.54 Å². The maximum atomic E-state index is 11.8. The van der Waals surface area contributed by atoms with Crippen LogP contribution in [0.3, 0.4) is 0 Å². The lowest BCUT2D eigenvalue weighted by Gasteiger charge is -2.24. The highest BCUT2D eigenvalue weighted by Crippen LogP contribution is 2.33. The van der Waals surface area contributed by atoms with Crippen LogP contribution in [0.5, 0.6) is 0 Å². The Kier molecular flexibility index (Phi) is 3.08. The highest BCUT2D eigenvalue weighted by molar-refractivity contribution is 6.25. The molecule has 2 rings (SSSR count). The number of rotatable bonds is 2. The lowest BCUT2D eigenvalue weighted by Crippen LogP contribution is -2.48. The molecule has 1 saturated heterocycles. The van der Waals surface area contributed by atoms with Crippen molar-refractivity contribution in [2.24, 2.45) is 5.92 Å². The van der Waals surface area contributed by atoms with Gasteiger partial charge in [-0.2, -0.15) is 0 Å². The van der Waals surface area contributed by atoms with Crippen LogP contribution in [0.2, 0.25) is 0 Å². The average molecular weight is 247 g/mol. The van der Waals surface area contributed by atoms with Crippen LogP contribution in [-0.2, 0) is 9.59 Å². The van der Waals surface area contributed by atoms with Gasteiger partial charge in [-0.15, -0.1) is 0 Å². The molecule has 16 heavy (non-hydrogen) atoms. The maximum absolute atomic E-state index is 11.8. The number of carbonyl (C=O) groups excluding carboxylic acids is 2. The first-order valence-electron chi connectivity index (χ1n) is 5.49. The normalized spacial score (nSPS) is 32.5. The number of nitrogens with one attached hydrogen (secondary N) is 2. The number of hydrogen-bond donors (Lipinski definition) is 3. The van der Waals surface area contributed by atoms with Gasteiger partial charge < -0.3 is 15.7 Å². The molecule has 0 spiro atoms. The van der Waals surface area contributed by atoms with Crippen molar-refractivity contribution in [1.29, 1.82) is 0 Å². The summed E-state index contributed by atoms with van der Waals surface area (Å²) in [5, 5.41) is 14.6. The Labute approximate surface area is 98.5 Å². The van der Waals surface area contributed by atoms with Gasteiger partial charge in [0.25, 0.3) is 0 Å². The zero-order valence-corrected chi connectivity index (χ0v) is 9.59. The Morgan fingerprint density at radius 2 is 2.12 bits per heavy atom. The summed E-state index contributed by atoms with van der Waals surface area (Å²) in [6, 6.07) is 0. The molecule has 6 heteroatoms. The second kappa shape index (κ2) is 4.22. The molecular formula is C10H15ClN2O3. The van der Waals surface area contributed by atoms with Crippen molar-refractivity contribution in [1.82, 2.24) is 10.6 Å². The smallest absolute Gasteiger partial charge is 0.236 e. The standard InChI is InChI=1S/C10H15ClN2O3/c11-10(3-1-2-4-10)13-9(16)7-6(14)5-12-8(7)15/h6-7,14H,1-5H2,(H,12,15)(H,13,16). The molecule has 1 heterocycles. The minimum atomic E-state index is -1.02. The van der Waals surface area contributed by atoms with Crippen LogP contribution < -0.4 is 10.6 Å². The zero-order valence-electron chi connectivity index (χ0n) is 8.83. The lowest BCUT2D eigenvalue weighted by atomic mass is 10.0. The minimum absolute atomic E-state index is 0.131. The monoisotopic (exact) mass is 246 g/mol. The van der Waals surface area contributed by atoms with Gasteiger partial charge in [0.05, 0.1) is 6.10 Å². The molecule has 2 unspecified atom stereocenters. The molecule has 2 fully saturated rings. The van der Waals surface area contributed by atoms with E-state index >= 15 is 0 Å². The van der Waals surface area contributed by atoms with E-state index in [4.69, 9.17) is 11.6 Å². The molecule has 0 aromatic carbocycles. The number of amides is 2. The number of aliphatic hydroxyl groups is 1. The fraction of sp³-hybridized carbons (Fsp3) is 0.800. The van der Waals surface area contributed by atoms with Gasteiger partial charge in [-0.1, -0.05) is 11.6 Å². The number of carbonyl (C=O) groups is 2. The first kappa shape index (κ1) is 11.7. The predicted octanol–water partition coefficient (Wildman–Crippen LogP) is -0.281. The summed E-state index contributed by atoms with van der Waals surface area (Å²) >= 11 is 6.19. The van der Waals surface area contributed by atoms with E-state index in [9.17, 15) is 14.7 Å². The zero-order chi connectivity index (χ0) is 11.8. The number of hydrogen-bond acceptors (Lipinski definition) is 3. The number of alkyl halides is 1. The second-order valence-corrected chi connectivity index (χ2v) is 5.18. The third-order valence-electron chi connectivity index (χ3n) is 3.18. The van der Waals surface area contributed by atoms with Gasteiger partial charge in [-0.3, -0.25) is 9.59 Å². The molecule has 1 aliphatic carbocycles. The van der Waals surface area contributed by atoms with Gasteiger partial charge >= 0.3 is 0 Å². The molecule has 5 nitrogen and oxygen atoms in total. The number of β-amino-alcohol motifs (C(OH)–C–C–N with tert-alkyl or cyclic N) is 1. The van der Waals surface area contributed by atoms with E-state index in [-0.39, 0.29) is 6.54 Å². The molecule has 0 aromatic heterocycles. The highest BCUT2D eigenvalue weighted by Gasteiger charge is 2.42. The van der Waals surface area contributed by atoms with Crippen LogP contribution >= 0.6 is 11.6 Å². The Balaban J connectivity index is 1.99. The number of halogens is 1. The molecule has 0 bridgehead atoms. The summed E-state index contributed by atoms with van der Waals surface area (Å²) in [5.74, 6) is -1.92. The van der Waals surface area contributed by atoms with Crippen molar-refractivity contribution in [2.45, 2.75) is 36.8 Å². The van der Waals surface area contributed by atoms with Gasteiger partial charge in [-0.05, 0) is 25.7 Å². The summed E-state index contributed by atoms with van der Waals surface area (Å²) in [5.41, 5.74) is 0. The Hall–Kier alpha value is -0.810. The predicted molar refractivity (Wildman–Crippen MR) is 57.7 cm³/mol. The van der Waals surface area contributed by atoms with Crippen LogP contribution in [0.1, 0.15) is 25.7 Å². The largest absolute Gasteiger partial charge is 0.390 e. The summed E-state index contributed by atoms with van der Waals surface area (Å²) in [6.07, 6.45) is 2.43. The molecule has 2 amide bonds. The van der Waals surface area contributed by atoms with Crippen LogP contribution in [-0.4, -0.2) is 34.6 Å². The summed E-state index contributed by atoms with van der Waals surface area (Å²) in [7, 11) is 0. The van der Waals surface area contributed by atoms with Gasteiger partial charge in [-0.25, -0.2) is 0 Å². The molecule has 90 valence electrons. The quantitative estimate of drug-likeness (QED) is 0.356. The van der Waals surface area contributed by atoms with Crippen LogP contribution in [0.25, 0.3) is 0 Å². The third kappa shape index (κ3) is 2.15. The van der Waals surface area contributed by atoms with Crippen LogP contribution in [0.4, 0.5) is 0 Å². The first-order chi connectivity index (χ1) is 7.52. The molecule has 0 aromatic rings. The van der Waals surface area contributed by atoms with Crippen molar-refractivity contribution in [3.63, 3.8) is 0 Å². The molecule has 2 aliphatic rings. The van der Waals surface area contributed by atoms with Gasteiger partial charge in [0.1, 0.15) is 10.9 Å². The Morgan fingerprint density at radius 1 is 1.50 bits per heavy atom. The SMILES string of the molecule is O=C1NCC(O)C1C(=O)NC1(Cl)CCCC1. The number of aliphatic hydroxyl groups excluding tert-OH is 1. The van der Waals surface area contributed by atoms with E-state index in [1.165, 1.54) is 0 Å². The van der Waals surface area contributed by atoms with Crippen LogP contribution in [0.15, 0.2) is 0 Å². The van der Waals surface area contributed by atoms with Gasteiger partial charge in [0.15, 0.2) is 0 Å². The van der Waals surface area contributed by atoms with Gasteiger partial charge in [0.2, 0.25) is 11.8 Å². The van der Waals surface area contributed by atoms with Crippen molar-refractivity contribution < 1.29 is 14.7 Å². The van der Waals surface area contributed by atoms with E-state index in [0.717, 1.165) is 12.8 Å². The summed E-state index contributed by atoms with van der Waals surface area (Å²) < 4.78 is 0. The molecular weight excluding hydrogens is 232 g/mol. The second-order valence-electron chi connectivity index (χ2n) is 4.45. The Bertz CT molecular complexity index is 315. The van der Waals surface area contributed by atoms with E-state index in [2.05, 4.69) is 10.6 Å². The fourth-order valence-corrected chi connectivity index (χ4v) is 2.62. The van der Waals surface area contributed by atoms with Crippen molar-refractivity contribution in [2.75, 3.05) is 6.54 Å². The lowest BCUT2D eigenvalue weighted by molar-refractivity contribution is -0.136. The highest BCUT2D eigenvalue weighted by atomic mass is 35.5. The van der Waals surface area contributed by atoms with E-state index in [1.54, 1.807) is 0 Å². The van der Waals surface area contributed by atoms with Crippen molar-refractivity contribution in [3.8, 4) is 0 Å². The first-order valence-corrected chi connectivity index (χ1v) is 5.86. The molecule has 1 aliphatic heterocycles. The molecule has 1 saturated carbocycles. The molecule has 3 N–H and O–H groups in total. The van der Waals surface area contributed by atoms with E-state index in [1.807, 2.05) is 0 Å². The van der Waals surface area contributed by atoms with Crippen LogP contribution in [0, 0.1) is 5.92 Å². The molecule has 0 radical (unpaired) electrons. The summed E-state index contributed by atoms with van der Waals surface area (Å²) in [4.78, 5) is 22.4. The van der Waals surface area contributed by atoms with Crippen molar-refractivity contribution in [3.05, 3.63) is 0 Å². The minimum Gasteiger partial charge on any atom is -0.390 e.